The van der Waals surface area contributed by atoms with E-state index in [0.29, 0.717) is 0 Å². The summed E-state index contributed by atoms with van der Waals surface area (Å²) in [5.74, 6) is 0.878. The molecule has 6 heteroatoms. The molecule has 1 N–H and O–H groups in total. The van der Waals surface area contributed by atoms with Crippen LogP contribution in [0.5, 0.6) is 0 Å². The molecule has 0 aromatic carbocycles. The van der Waals surface area contributed by atoms with Crippen LogP contribution in [0.2, 0.25) is 0 Å². The van der Waals surface area contributed by atoms with Crippen LogP contribution in [-0.4, -0.2) is 24.7 Å². The summed E-state index contributed by atoms with van der Waals surface area (Å²) in [6.45, 7) is 0. The summed E-state index contributed by atoms with van der Waals surface area (Å²) in [4.78, 5) is 8.74. The first-order valence-corrected chi connectivity index (χ1v) is 5.52. The SMILES string of the molecule is Cn1c(-c2cn[nH]c2)nc2cc(Br)ncc21. The Kier molecular flexibility index (Phi) is 2.03. The molecule has 0 unspecified atom stereocenters. The number of aromatic nitrogens is 5. The van der Waals surface area contributed by atoms with Gasteiger partial charge in [0.05, 0.1) is 29.0 Å². The molecule has 0 saturated heterocycles. The van der Waals surface area contributed by atoms with Crippen LogP contribution in [0.3, 0.4) is 0 Å². The third kappa shape index (κ3) is 1.34. The Labute approximate surface area is 99.7 Å². The van der Waals surface area contributed by atoms with Crippen LogP contribution < -0.4 is 0 Å². The summed E-state index contributed by atoms with van der Waals surface area (Å²) in [5.41, 5.74) is 2.88. The average molecular weight is 278 g/mol. The summed E-state index contributed by atoms with van der Waals surface area (Å²) < 4.78 is 2.79. The molecule has 0 radical (unpaired) electrons. The first-order chi connectivity index (χ1) is 7.75. The predicted octanol–water partition coefficient (Wildman–Crippen LogP) is 2.12. The number of aryl methyl sites for hydroxylation is 1. The predicted molar refractivity (Wildman–Crippen MR) is 63.8 cm³/mol. The zero-order chi connectivity index (χ0) is 11.1. The van der Waals surface area contributed by atoms with Crippen molar-refractivity contribution in [2.24, 2.45) is 7.05 Å². The van der Waals surface area contributed by atoms with Crippen molar-refractivity contribution in [2.75, 3.05) is 0 Å². The molecule has 3 rings (SSSR count). The van der Waals surface area contributed by atoms with E-state index < -0.39 is 0 Å². The van der Waals surface area contributed by atoms with Crippen molar-refractivity contribution >= 4 is 27.0 Å². The molecule has 0 aliphatic heterocycles. The van der Waals surface area contributed by atoms with Gasteiger partial charge >= 0.3 is 0 Å². The van der Waals surface area contributed by atoms with Crippen molar-refractivity contribution in [2.45, 2.75) is 0 Å². The quantitative estimate of drug-likeness (QED) is 0.693. The highest BCUT2D eigenvalue weighted by Gasteiger charge is 2.10. The van der Waals surface area contributed by atoms with Gasteiger partial charge in [0.25, 0.3) is 0 Å². The number of aromatic amines is 1. The molecule has 3 aromatic heterocycles. The zero-order valence-corrected chi connectivity index (χ0v) is 10.1. The molecule has 0 fully saturated rings. The molecule has 16 heavy (non-hydrogen) atoms. The van der Waals surface area contributed by atoms with Gasteiger partial charge in [0, 0.05) is 13.2 Å². The van der Waals surface area contributed by atoms with Crippen molar-refractivity contribution < 1.29 is 0 Å². The number of rotatable bonds is 1. The second-order valence-electron chi connectivity index (χ2n) is 3.48. The standard InChI is InChI=1S/C10H8BrN5/c1-16-8-5-12-9(11)2-7(8)15-10(16)6-3-13-14-4-6/h2-5H,1H3,(H,13,14). The van der Waals surface area contributed by atoms with E-state index in [1.807, 2.05) is 23.9 Å². The van der Waals surface area contributed by atoms with Gasteiger partial charge < -0.3 is 4.57 Å². The maximum atomic E-state index is 4.55. The molecule has 0 bridgehead atoms. The molecule has 80 valence electrons. The van der Waals surface area contributed by atoms with Crippen LogP contribution in [0.25, 0.3) is 22.4 Å². The van der Waals surface area contributed by atoms with Crippen LogP contribution >= 0.6 is 15.9 Å². The normalized spacial score (nSPS) is 11.1. The maximum absolute atomic E-state index is 4.55. The fourth-order valence-corrected chi connectivity index (χ4v) is 2.01. The van der Waals surface area contributed by atoms with Crippen molar-refractivity contribution in [1.82, 2.24) is 24.7 Å². The smallest absolute Gasteiger partial charge is 0.144 e. The summed E-state index contributed by atoms with van der Waals surface area (Å²) in [7, 11) is 1.97. The van der Waals surface area contributed by atoms with E-state index in [1.54, 1.807) is 12.4 Å². The summed E-state index contributed by atoms with van der Waals surface area (Å²) in [6.07, 6.45) is 5.38. The fraction of sp³-hybridized carbons (Fsp3) is 0.100. The van der Waals surface area contributed by atoms with Crippen LogP contribution in [0.4, 0.5) is 0 Å². The van der Waals surface area contributed by atoms with Gasteiger partial charge in [0.15, 0.2) is 0 Å². The molecule has 3 aromatic rings. The fourth-order valence-electron chi connectivity index (χ4n) is 1.70. The first-order valence-electron chi connectivity index (χ1n) is 4.73. The third-order valence-electron chi connectivity index (χ3n) is 2.49. The molecule has 0 atom stereocenters. The van der Waals surface area contributed by atoms with Crippen molar-refractivity contribution in [3.63, 3.8) is 0 Å². The highest BCUT2D eigenvalue weighted by atomic mass is 79.9. The molecule has 0 saturated carbocycles. The number of H-pyrrole nitrogens is 1. The Morgan fingerprint density at radius 1 is 1.38 bits per heavy atom. The van der Waals surface area contributed by atoms with Crippen molar-refractivity contribution in [1.29, 1.82) is 0 Å². The van der Waals surface area contributed by atoms with Crippen LogP contribution in [0, 0.1) is 0 Å². The summed E-state index contributed by atoms with van der Waals surface area (Å²) in [5, 5.41) is 6.71. The van der Waals surface area contributed by atoms with Gasteiger partial charge in [-0.3, -0.25) is 5.10 Å². The molecule has 5 nitrogen and oxygen atoms in total. The number of hydrogen-bond donors (Lipinski definition) is 1. The summed E-state index contributed by atoms with van der Waals surface area (Å²) in [6, 6.07) is 1.90. The number of nitrogens with one attached hydrogen (secondary N) is 1. The van der Waals surface area contributed by atoms with Gasteiger partial charge in [-0.25, -0.2) is 9.97 Å². The minimum Gasteiger partial charge on any atom is -0.326 e. The Hall–Kier alpha value is -1.69. The minimum atomic E-state index is 0.789. The molecule has 3 heterocycles. The Bertz CT molecular complexity index is 641. The van der Waals surface area contributed by atoms with E-state index in [-0.39, 0.29) is 0 Å². The Morgan fingerprint density at radius 2 is 2.25 bits per heavy atom. The third-order valence-corrected chi connectivity index (χ3v) is 2.92. The van der Waals surface area contributed by atoms with Gasteiger partial charge in [-0.2, -0.15) is 5.10 Å². The molecular weight excluding hydrogens is 270 g/mol. The highest BCUT2D eigenvalue weighted by Crippen LogP contribution is 2.23. The van der Waals surface area contributed by atoms with Gasteiger partial charge in [-0.1, -0.05) is 0 Å². The number of halogens is 1. The van der Waals surface area contributed by atoms with Crippen molar-refractivity contribution in [3.8, 4) is 11.4 Å². The lowest BCUT2D eigenvalue weighted by molar-refractivity contribution is 0.956. The van der Waals surface area contributed by atoms with E-state index in [9.17, 15) is 0 Å². The Balaban J connectivity index is 2.31. The van der Waals surface area contributed by atoms with Crippen molar-refractivity contribution in [3.05, 3.63) is 29.3 Å². The Morgan fingerprint density at radius 3 is 3.00 bits per heavy atom. The van der Waals surface area contributed by atoms with Crippen LogP contribution in [-0.2, 0) is 7.05 Å². The molecule has 0 aliphatic rings. The summed E-state index contributed by atoms with van der Waals surface area (Å²) >= 11 is 3.34. The van der Waals surface area contributed by atoms with E-state index >= 15 is 0 Å². The van der Waals surface area contributed by atoms with Gasteiger partial charge in [-0.15, -0.1) is 0 Å². The van der Waals surface area contributed by atoms with Crippen LogP contribution in [0.15, 0.2) is 29.3 Å². The lowest BCUT2D eigenvalue weighted by atomic mass is 10.3. The molecule has 0 aliphatic carbocycles. The van der Waals surface area contributed by atoms with Crippen LogP contribution in [0.1, 0.15) is 0 Å². The highest BCUT2D eigenvalue weighted by molar-refractivity contribution is 9.10. The largest absolute Gasteiger partial charge is 0.326 e. The number of pyridine rings is 1. The molecule has 0 amide bonds. The lowest BCUT2D eigenvalue weighted by Gasteiger charge is -1.97. The second kappa shape index (κ2) is 3.41. The van der Waals surface area contributed by atoms with Gasteiger partial charge in [0.2, 0.25) is 0 Å². The first kappa shape index (κ1) is 9.53. The van der Waals surface area contributed by atoms with E-state index in [4.69, 9.17) is 0 Å². The van der Waals surface area contributed by atoms with Gasteiger partial charge in [-0.05, 0) is 22.0 Å². The van der Waals surface area contributed by atoms with Gasteiger partial charge in [0.1, 0.15) is 10.4 Å². The molecule has 0 spiro atoms. The minimum absolute atomic E-state index is 0.789. The zero-order valence-electron chi connectivity index (χ0n) is 8.48. The second-order valence-corrected chi connectivity index (χ2v) is 4.29. The topological polar surface area (TPSA) is 59.4 Å². The number of imidazole rings is 1. The van der Waals surface area contributed by atoms with E-state index in [0.717, 1.165) is 27.0 Å². The maximum Gasteiger partial charge on any atom is 0.144 e. The number of hydrogen-bond acceptors (Lipinski definition) is 3. The average Bonchev–Trinajstić information content (AvgIpc) is 2.86. The lowest BCUT2D eigenvalue weighted by Crippen LogP contribution is -1.91. The number of nitrogens with zero attached hydrogens (tertiary/aromatic N) is 4. The van der Waals surface area contributed by atoms with E-state index in [2.05, 4.69) is 36.1 Å². The van der Waals surface area contributed by atoms with E-state index in [1.165, 1.54) is 0 Å². The monoisotopic (exact) mass is 277 g/mol. The number of fused-ring (bicyclic) bond motifs is 1. The molecular formula is C10H8BrN5.